The van der Waals surface area contributed by atoms with E-state index in [1.54, 1.807) is 18.2 Å². The number of allylic oxidation sites excluding steroid dienone is 1. The standard InChI is InChI=1S/C12H13Cl2NO/c1-8(2)3-6-12(16)15-9-4-5-10(13)11(14)7-9/h3-8H,1-2H3,(H,15,16)/b6-3+. The Morgan fingerprint density at radius 3 is 2.56 bits per heavy atom. The van der Waals surface area contributed by atoms with Crippen LogP contribution in [0.15, 0.2) is 30.4 Å². The third-order valence-electron chi connectivity index (χ3n) is 1.82. The second kappa shape index (κ2) is 5.92. The minimum atomic E-state index is -0.174. The Kier molecular flexibility index (Phi) is 4.84. The average Bonchev–Trinajstić information content (AvgIpc) is 2.21. The van der Waals surface area contributed by atoms with Gasteiger partial charge in [-0.3, -0.25) is 4.79 Å². The lowest BCUT2D eigenvalue weighted by molar-refractivity contribution is -0.111. The van der Waals surface area contributed by atoms with Crippen molar-refractivity contribution in [3.63, 3.8) is 0 Å². The summed E-state index contributed by atoms with van der Waals surface area (Å²) < 4.78 is 0. The molecule has 0 aromatic heterocycles. The van der Waals surface area contributed by atoms with Gasteiger partial charge in [-0.05, 0) is 30.2 Å². The summed E-state index contributed by atoms with van der Waals surface area (Å²) >= 11 is 11.6. The molecule has 1 aromatic rings. The van der Waals surface area contributed by atoms with Crippen LogP contribution in [0.4, 0.5) is 5.69 Å². The van der Waals surface area contributed by atoms with Crippen molar-refractivity contribution in [1.29, 1.82) is 0 Å². The summed E-state index contributed by atoms with van der Waals surface area (Å²) in [6.45, 7) is 4.01. The number of amides is 1. The van der Waals surface area contributed by atoms with Crippen molar-refractivity contribution >= 4 is 34.8 Å². The summed E-state index contributed by atoms with van der Waals surface area (Å²) in [6, 6.07) is 4.96. The van der Waals surface area contributed by atoms with Gasteiger partial charge in [0, 0.05) is 5.69 Å². The lowest BCUT2D eigenvalue weighted by atomic mass is 10.2. The molecule has 0 saturated carbocycles. The van der Waals surface area contributed by atoms with Gasteiger partial charge >= 0.3 is 0 Å². The zero-order valence-corrected chi connectivity index (χ0v) is 10.6. The minimum absolute atomic E-state index is 0.174. The molecule has 0 spiro atoms. The van der Waals surface area contributed by atoms with Crippen molar-refractivity contribution < 1.29 is 4.79 Å². The summed E-state index contributed by atoms with van der Waals surface area (Å²) in [6.07, 6.45) is 3.33. The fourth-order valence-electron chi connectivity index (χ4n) is 1.04. The summed E-state index contributed by atoms with van der Waals surface area (Å²) in [5.41, 5.74) is 0.632. The molecule has 0 unspecified atom stereocenters. The maximum atomic E-state index is 11.4. The van der Waals surface area contributed by atoms with Gasteiger partial charge in [-0.2, -0.15) is 0 Å². The number of benzene rings is 1. The molecule has 4 heteroatoms. The first-order valence-electron chi connectivity index (χ1n) is 4.93. The molecular weight excluding hydrogens is 245 g/mol. The van der Waals surface area contributed by atoms with E-state index in [0.717, 1.165) is 0 Å². The number of hydrogen-bond acceptors (Lipinski definition) is 1. The van der Waals surface area contributed by atoms with E-state index in [2.05, 4.69) is 5.32 Å². The van der Waals surface area contributed by atoms with Crippen molar-refractivity contribution in [2.45, 2.75) is 13.8 Å². The summed E-state index contributed by atoms with van der Waals surface area (Å²) in [5.74, 6) is 0.173. The summed E-state index contributed by atoms with van der Waals surface area (Å²) in [4.78, 5) is 11.4. The molecule has 86 valence electrons. The van der Waals surface area contributed by atoms with Gasteiger partial charge in [-0.25, -0.2) is 0 Å². The number of hydrogen-bond donors (Lipinski definition) is 1. The van der Waals surface area contributed by atoms with Crippen molar-refractivity contribution in [1.82, 2.24) is 0 Å². The number of nitrogens with one attached hydrogen (secondary N) is 1. The van der Waals surface area contributed by atoms with E-state index in [-0.39, 0.29) is 5.91 Å². The van der Waals surface area contributed by atoms with E-state index in [4.69, 9.17) is 23.2 Å². The van der Waals surface area contributed by atoms with E-state index >= 15 is 0 Å². The first-order valence-corrected chi connectivity index (χ1v) is 5.69. The number of anilines is 1. The predicted molar refractivity (Wildman–Crippen MR) is 69.1 cm³/mol. The van der Waals surface area contributed by atoms with Crippen LogP contribution >= 0.6 is 23.2 Å². The van der Waals surface area contributed by atoms with Crippen LogP contribution in [-0.4, -0.2) is 5.91 Å². The Morgan fingerprint density at radius 1 is 1.31 bits per heavy atom. The first kappa shape index (κ1) is 13.1. The lowest BCUT2D eigenvalue weighted by Crippen LogP contribution is -2.08. The zero-order chi connectivity index (χ0) is 12.1. The minimum Gasteiger partial charge on any atom is -0.322 e. The third-order valence-corrected chi connectivity index (χ3v) is 2.56. The second-order valence-electron chi connectivity index (χ2n) is 3.72. The molecule has 0 fully saturated rings. The van der Waals surface area contributed by atoms with Crippen LogP contribution < -0.4 is 5.32 Å². The van der Waals surface area contributed by atoms with Crippen LogP contribution in [0, 0.1) is 5.92 Å². The first-order chi connectivity index (χ1) is 7.49. The molecule has 0 radical (unpaired) electrons. The van der Waals surface area contributed by atoms with Crippen LogP contribution in [0.2, 0.25) is 10.0 Å². The van der Waals surface area contributed by atoms with Crippen LogP contribution in [0.25, 0.3) is 0 Å². The lowest BCUT2D eigenvalue weighted by Gasteiger charge is -2.03. The number of rotatable bonds is 3. The molecule has 0 bridgehead atoms. The third kappa shape index (κ3) is 4.25. The Labute approximate surface area is 105 Å². The van der Waals surface area contributed by atoms with Gasteiger partial charge in [-0.1, -0.05) is 43.1 Å². The highest BCUT2D eigenvalue weighted by Gasteiger charge is 2.01. The van der Waals surface area contributed by atoms with Gasteiger partial charge < -0.3 is 5.32 Å². The van der Waals surface area contributed by atoms with Crippen molar-refractivity contribution in [2.75, 3.05) is 5.32 Å². The molecule has 16 heavy (non-hydrogen) atoms. The highest BCUT2D eigenvalue weighted by atomic mass is 35.5. The number of halogens is 2. The number of carbonyl (C=O) groups excluding carboxylic acids is 1. The second-order valence-corrected chi connectivity index (χ2v) is 4.54. The Bertz CT molecular complexity index is 413. The van der Waals surface area contributed by atoms with E-state index in [9.17, 15) is 4.79 Å². The van der Waals surface area contributed by atoms with E-state index < -0.39 is 0 Å². The fourth-order valence-corrected chi connectivity index (χ4v) is 1.34. The topological polar surface area (TPSA) is 29.1 Å². The molecule has 1 rings (SSSR count). The van der Waals surface area contributed by atoms with Crippen molar-refractivity contribution in [3.05, 3.63) is 40.4 Å². The monoisotopic (exact) mass is 257 g/mol. The SMILES string of the molecule is CC(C)/C=C/C(=O)Nc1ccc(Cl)c(Cl)c1. The van der Waals surface area contributed by atoms with E-state index in [0.29, 0.717) is 21.7 Å². The van der Waals surface area contributed by atoms with Crippen LogP contribution in [0.3, 0.4) is 0 Å². The van der Waals surface area contributed by atoms with Crippen molar-refractivity contribution in [3.8, 4) is 0 Å². The molecule has 0 aliphatic carbocycles. The molecule has 0 atom stereocenters. The molecule has 0 aliphatic rings. The maximum absolute atomic E-state index is 11.4. The van der Waals surface area contributed by atoms with Gasteiger partial charge in [0.05, 0.1) is 10.0 Å². The van der Waals surface area contributed by atoms with Crippen LogP contribution in [-0.2, 0) is 4.79 Å². The molecule has 1 amide bonds. The highest BCUT2D eigenvalue weighted by molar-refractivity contribution is 6.42. The smallest absolute Gasteiger partial charge is 0.248 e. The zero-order valence-electron chi connectivity index (χ0n) is 9.13. The maximum Gasteiger partial charge on any atom is 0.248 e. The van der Waals surface area contributed by atoms with E-state index in [1.165, 1.54) is 6.08 Å². The van der Waals surface area contributed by atoms with E-state index in [1.807, 2.05) is 19.9 Å². The van der Waals surface area contributed by atoms with Gasteiger partial charge in [0.15, 0.2) is 0 Å². The van der Waals surface area contributed by atoms with Gasteiger partial charge in [0.1, 0.15) is 0 Å². The molecule has 2 nitrogen and oxygen atoms in total. The van der Waals surface area contributed by atoms with Crippen LogP contribution in [0.5, 0.6) is 0 Å². The van der Waals surface area contributed by atoms with Gasteiger partial charge in [0.2, 0.25) is 5.91 Å². The molecule has 1 N–H and O–H groups in total. The Morgan fingerprint density at radius 2 is 2.00 bits per heavy atom. The van der Waals surface area contributed by atoms with Crippen LogP contribution in [0.1, 0.15) is 13.8 Å². The molecule has 0 saturated heterocycles. The summed E-state index contributed by atoms with van der Waals surface area (Å²) in [7, 11) is 0. The average molecular weight is 258 g/mol. The molecule has 0 heterocycles. The quantitative estimate of drug-likeness (QED) is 0.811. The van der Waals surface area contributed by atoms with Gasteiger partial charge in [0.25, 0.3) is 0 Å². The molecule has 0 aliphatic heterocycles. The number of carbonyl (C=O) groups is 1. The fraction of sp³-hybridized carbons (Fsp3) is 0.250. The molecular formula is C12H13Cl2NO. The highest BCUT2D eigenvalue weighted by Crippen LogP contribution is 2.24. The van der Waals surface area contributed by atoms with Crippen molar-refractivity contribution in [2.24, 2.45) is 5.92 Å². The predicted octanol–water partition coefficient (Wildman–Crippen LogP) is 4.14. The largest absolute Gasteiger partial charge is 0.322 e. The summed E-state index contributed by atoms with van der Waals surface area (Å²) in [5, 5.41) is 3.59. The molecule has 1 aromatic carbocycles. The Balaban J connectivity index is 2.66. The normalized spacial score (nSPS) is 11.1. The van der Waals surface area contributed by atoms with Gasteiger partial charge in [-0.15, -0.1) is 0 Å². The Hall–Kier alpha value is -0.990.